The Kier molecular flexibility index (Phi) is 5.83. The summed E-state index contributed by atoms with van der Waals surface area (Å²) >= 11 is 1.85. The van der Waals surface area contributed by atoms with Gasteiger partial charge in [0.15, 0.2) is 5.58 Å². The minimum absolute atomic E-state index is 0.875. The van der Waals surface area contributed by atoms with Crippen LogP contribution in [0.2, 0.25) is 0 Å². The highest BCUT2D eigenvalue weighted by molar-refractivity contribution is 7.25. The fraction of sp³-hybridized carbons (Fsp3) is 0. The lowest BCUT2D eigenvalue weighted by molar-refractivity contribution is 0.669. The molecular formula is C46H28N2OS. The van der Waals surface area contributed by atoms with E-state index in [1.54, 1.807) is 0 Å². The molecule has 0 amide bonds. The van der Waals surface area contributed by atoms with Crippen LogP contribution in [0.1, 0.15) is 0 Å². The second-order valence-electron chi connectivity index (χ2n) is 12.9. The third-order valence-corrected chi connectivity index (χ3v) is 11.3. The number of benzene rings is 8. The maximum atomic E-state index is 6.90. The van der Waals surface area contributed by atoms with Crippen molar-refractivity contribution in [3.05, 3.63) is 170 Å². The standard InChI is InChI=1S/C46H28N2OS/c1-2-14-30(15-3-1)48-38-21-9-6-17-33(38)35-20-12-22-39(45(35)48)47(31-25-26-43-37(28-31)34-18-8-11-24-42(34)50-43)40-27-29-13-4-5-16-32(29)44-36-19-7-10-23-41(36)49-46(40)44/h1-28H. The van der Waals surface area contributed by atoms with Crippen LogP contribution in [0.5, 0.6) is 0 Å². The van der Waals surface area contributed by atoms with Crippen LogP contribution in [0.4, 0.5) is 17.1 Å². The molecule has 234 valence electrons. The van der Waals surface area contributed by atoms with E-state index in [1.807, 2.05) is 11.3 Å². The highest BCUT2D eigenvalue weighted by Gasteiger charge is 2.26. The summed E-state index contributed by atoms with van der Waals surface area (Å²) in [7, 11) is 0. The van der Waals surface area contributed by atoms with Gasteiger partial charge in [-0.2, -0.15) is 0 Å². The minimum atomic E-state index is 0.875. The average molecular weight is 657 g/mol. The van der Waals surface area contributed by atoms with Crippen molar-refractivity contribution in [3.63, 3.8) is 0 Å². The van der Waals surface area contributed by atoms with E-state index >= 15 is 0 Å². The van der Waals surface area contributed by atoms with E-state index in [9.17, 15) is 0 Å². The largest absolute Gasteiger partial charge is 0.454 e. The van der Waals surface area contributed by atoms with Crippen LogP contribution in [-0.2, 0) is 0 Å². The molecule has 0 saturated carbocycles. The summed E-state index contributed by atoms with van der Waals surface area (Å²) in [6.45, 7) is 0. The van der Waals surface area contributed by atoms with E-state index in [0.717, 1.165) is 50.2 Å². The number of thiophene rings is 1. The van der Waals surface area contributed by atoms with Gasteiger partial charge in [-0.1, -0.05) is 109 Å². The van der Waals surface area contributed by atoms with Gasteiger partial charge in [0.25, 0.3) is 0 Å². The molecule has 0 N–H and O–H groups in total. The predicted molar refractivity (Wildman–Crippen MR) is 213 cm³/mol. The molecule has 0 fully saturated rings. The molecule has 0 atom stereocenters. The molecule has 0 bridgehead atoms. The Bertz CT molecular complexity index is 3110. The maximum Gasteiger partial charge on any atom is 0.160 e. The van der Waals surface area contributed by atoms with Gasteiger partial charge in [-0.25, -0.2) is 0 Å². The molecule has 3 heterocycles. The average Bonchev–Trinajstić information content (AvgIpc) is 3.86. The van der Waals surface area contributed by atoms with Crippen molar-refractivity contribution in [1.29, 1.82) is 0 Å². The lowest BCUT2D eigenvalue weighted by Gasteiger charge is -2.27. The molecule has 0 aliphatic rings. The van der Waals surface area contributed by atoms with Gasteiger partial charge in [0.1, 0.15) is 5.58 Å². The molecule has 0 unspecified atom stereocenters. The summed E-state index contributed by atoms with van der Waals surface area (Å²) in [6, 6.07) is 61.2. The van der Waals surface area contributed by atoms with E-state index in [2.05, 4.69) is 179 Å². The van der Waals surface area contributed by atoms with Gasteiger partial charge >= 0.3 is 0 Å². The van der Waals surface area contributed by atoms with Crippen LogP contribution < -0.4 is 4.90 Å². The highest BCUT2D eigenvalue weighted by Crippen LogP contribution is 2.49. The third kappa shape index (κ3) is 3.91. The van der Waals surface area contributed by atoms with Crippen molar-refractivity contribution < 1.29 is 4.42 Å². The molecule has 0 saturated heterocycles. The monoisotopic (exact) mass is 656 g/mol. The molecule has 0 spiro atoms. The fourth-order valence-electron chi connectivity index (χ4n) is 8.01. The predicted octanol–water partition coefficient (Wildman–Crippen LogP) is 13.7. The van der Waals surface area contributed by atoms with Crippen LogP contribution >= 0.6 is 11.3 Å². The molecule has 3 nitrogen and oxygen atoms in total. The number of rotatable bonds is 4. The lowest BCUT2D eigenvalue weighted by atomic mass is 10.0. The molecule has 3 aromatic heterocycles. The van der Waals surface area contributed by atoms with Gasteiger partial charge in [-0.05, 0) is 71.4 Å². The minimum Gasteiger partial charge on any atom is -0.454 e. The summed E-state index contributed by atoms with van der Waals surface area (Å²) in [5.74, 6) is 0. The van der Waals surface area contributed by atoms with E-state index in [1.165, 1.54) is 47.2 Å². The summed E-state index contributed by atoms with van der Waals surface area (Å²) in [5, 5.41) is 9.57. The zero-order chi connectivity index (χ0) is 32.8. The molecule has 0 aliphatic heterocycles. The van der Waals surface area contributed by atoms with Crippen LogP contribution in [0.3, 0.4) is 0 Å². The Morgan fingerprint density at radius 1 is 0.480 bits per heavy atom. The number of nitrogens with zero attached hydrogens (tertiary/aromatic N) is 2. The number of aromatic nitrogens is 1. The number of hydrogen-bond acceptors (Lipinski definition) is 3. The van der Waals surface area contributed by atoms with Gasteiger partial charge in [0.05, 0.1) is 22.4 Å². The maximum absolute atomic E-state index is 6.90. The first-order valence-corrected chi connectivity index (χ1v) is 17.8. The molecular weight excluding hydrogens is 629 g/mol. The first kappa shape index (κ1) is 27.6. The molecule has 0 radical (unpaired) electrons. The first-order valence-electron chi connectivity index (χ1n) is 16.9. The second-order valence-corrected chi connectivity index (χ2v) is 14.0. The molecule has 0 aliphatic carbocycles. The summed E-state index contributed by atoms with van der Waals surface area (Å²) in [5.41, 5.74) is 8.37. The zero-order valence-electron chi connectivity index (χ0n) is 26.9. The first-order chi connectivity index (χ1) is 24.8. The molecule has 50 heavy (non-hydrogen) atoms. The van der Waals surface area contributed by atoms with E-state index in [4.69, 9.17) is 4.42 Å². The van der Waals surface area contributed by atoms with Crippen LogP contribution in [-0.4, -0.2) is 4.57 Å². The van der Waals surface area contributed by atoms with Gasteiger partial charge in [0.2, 0.25) is 0 Å². The SMILES string of the molecule is c1ccc(-n2c3ccccc3c3cccc(N(c4ccc5sc6ccccc6c5c4)c4cc5ccccc5c5c4oc4ccccc45)c32)cc1. The smallest absolute Gasteiger partial charge is 0.160 e. The Morgan fingerprint density at radius 3 is 2.08 bits per heavy atom. The Labute approximate surface area is 291 Å². The Morgan fingerprint density at radius 2 is 1.18 bits per heavy atom. The molecule has 11 rings (SSSR count). The number of para-hydroxylation sites is 4. The quantitative estimate of drug-likeness (QED) is 0.188. The third-order valence-electron chi connectivity index (χ3n) is 10.1. The van der Waals surface area contributed by atoms with Crippen molar-refractivity contribution in [2.75, 3.05) is 4.90 Å². The second kappa shape index (κ2) is 10.6. The van der Waals surface area contributed by atoms with Crippen molar-refractivity contribution in [3.8, 4) is 5.69 Å². The van der Waals surface area contributed by atoms with Crippen LogP contribution in [0, 0.1) is 0 Å². The van der Waals surface area contributed by atoms with E-state index < -0.39 is 0 Å². The summed E-state index contributed by atoms with van der Waals surface area (Å²) < 4.78 is 11.9. The van der Waals surface area contributed by atoms with Crippen molar-refractivity contribution >= 4 is 103 Å². The number of furan rings is 1. The van der Waals surface area contributed by atoms with Crippen molar-refractivity contribution in [2.24, 2.45) is 0 Å². The normalized spacial score (nSPS) is 12.0. The Balaban J connectivity index is 1.32. The van der Waals surface area contributed by atoms with Gasteiger partial charge in [-0.15, -0.1) is 11.3 Å². The number of fused-ring (bicyclic) bond motifs is 11. The zero-order valence-corrected chi connectivity index (χ0v) is 27.7. The molecule has 4 heteroatoms. The number of hydrogen-bond donors (Lipinski definition) is 0. The van der Waals surface area contributed by atoms with Gasteiger partial charge < -0.3 is 13.9 Å². The molecule has 8 aromatic carbocycles. The summed E-state index contributed by atoms with van der Waals surface area (Å²) in [6.07, 6.45) is 0. The van der Waals surface area contributed by atoms with E-state index in [0.29, 0.717) is 0 Å². The highest BCUT2D eigenvalue weighted by atomic mass is 32.1. The summed E-state index contributed by atoms with van der Waals surface area (Å²) in [4.78, 5) is 2.43. The van der Waals surface area contributed by atoms with Gasteiger partial charge in [-0.3, -0.25) is 0 Å². The van der Waals surface area contributed by atoms with Crippen LogP contribution in [0.15, 0.2) is 174 Å². The topological polar surface area (TPSA) is 21.3 Å². The van der Waals surface area contributed by atoms with Crippen LogP contribution in [0.25, 0.3) is 80.4 Å². The van der Waals surface area contributed by atoms with Gasteiger partial charge in [0, 0.05) is 53.1 Å². The Hall–Kier alpha value is -6.36. The van der Waals surface area contributed by atoms with Crippen molar-refractivity contribution in [1.82, 2.24) is 4.57 Å². The lowest BCUT2D eigenvalue weighted by Crippen LogP contribution is -2.12. The molecule has 11 aromatic rings. The number of anilines is 3. The fourth-order valence-corrected chi connectivity index (χ4v) is 9.10. The van der Waals surface area contributed by atoms with E-state index in [-0.39, 0.29) is 0 Å². The van der Waals surface area contributed by atoms with Crippen molar-refractivity contribution in [2.45, 2.75) is 0 Å².